The standard InChI is InChI=1S/C10H8FN5O3S/c11-8-2-1-7(20-8)5-12-13-10(17)6-15-4-3-9(14-15)16(18)19/h1-5H,6H2,(H,13,17)/b12-5+. The van der Waals surface area contributed by atoms with Gasteiger partial charge in [0.15, 0.2) is 5.13 Å². The van der Waals surface area contributed by atoms with Crippen LogP contribution in [0.2, 0.25) is 0 Å². The van der Waals surface area contributed by atoms with E-state index in [2.05, 4.69) is 15.6 Å². The number of nitro groups is 1. The third-order valence-corrected chi connectivity index (χ3v) is 2.90. The molecule has 1 amide bonds. The largest absolute Gasteiger partial charge is 0.389 e. The fraction of sp³-hybridized carbons (Fsp3) is 0.100. The fourth-order valence-electron chi connectivity index (χ4n) is 1.28. The van der Waals surface area contributed by atoms with Crippen molar-refractivity contribution in [3.8, 4) is 0 Å². The van der Waals surface area contributed by atoms with Crippen molar-refractivity contribution in [2.24, 2.45) is 5.10 Å². The van der Waals surface area contributed by atoms with Crippen molar-refractivity contribution in [1.29, 1.82) is 0 Å². The summed E-state index contributed by atoms with van der Waals surface area (Å²) in [6.45, 7) is -0.204. The summed E-state index contributed by atoms with van der Waals surface area (Å²) in [6.07, 6.45) is 2.62. The minimum absolute atomic E-state index is 0.204. The molecule has 0 aliphatic carbocycles. The lowest BCUT2D eigenvalue weighted by atomic mass is 10.5. The Morgan fingerprint density at radius 1 is 1.60 bits per heavy atom. The highest BCUT2D eigenvalue weighted by molar-refractivity contribution is 7.12. The smallest absolute Gasteiger partial charge is 0.358 e. The average Bonchev–Trinajstić information content (AvgIpc) is 2.99. The first-order valence-corrected chi connectivity index (χ1v) is 6.11. The molecule has 0 radical (unpaired) electrons. The van der Waals surface area contributed by atoms with Crippen LogP contribution in [0.1, 0.15) is 4.88 Å². The highest BCUT2D eigenvalue weighted by atomic mass is 32.1. The van der Waals surface area contributed by atoms with E-state index in [1.807, 2.05) is 0 Å². The number of nitrogens with one attached hydrogen (secondary N) is 1. The van der Waals surface area contributed by atoms with Gasteiger partial charge in [0, 0.05) is 0 Å². The molecule has 1 N–H and O–H groups in total. The third-order valence-electron chi connectivity index (χ3n) is 2.09. The number of hydrazone groups is 1. The van der Waals surface area contributed by atoms with E-state index in [0.29, 0.717) is 4.88 Å². The van der Waals surface area contributed by atoms with Crippen molar-refractivity contribution >= 4 is 29.3 Å². The van der Waals surface area contributed by atoms with E-state index in [0.717, 1.165) is 16.0 Å². The normalized spacial score (nSPS) is 10.8. The Kier molecular flexibility index (Phi) is 4.15. The van der Waals surface area contributed by atoms with Crippen molar-refractivity contribution < 1.29 is 14.1 Å². The van der Waals surface area contributed by atoms with Crippen molar-refractivity contribution in [1.82, 2.24) is 15.2 Å². The molecule has 0 saturated carbocycles. The zero-order valence-electron chi connectivity index (χ0n) is 9.89. The van der Waals surface area contributed by atoms with E-state index in [4.69, 9.17) is 0 Å². The molecule has 104 valence electrons. The van der Waals surface area contributed by atoms with Gasteiger partial charge in [0.2, 0.25) is 0 Å². The van der Waals surface area contributed by atoms with Crippen molar-refractivity contribution in [3.63, 3.8) is 0 Å². The topological polar surface area (TPSA) is 102 Å². The third kappa shape index (κ3) is 3.68. The van der Waals surface area contributed by atoms with E-state index in [1.54, 1.807) is 0 Å². The minimum Gasteiger partial charge on any atom is -0.358 e. The van der Waals surface area contributed by atoms with Crippen molar-refractivity contribution in [2.45, 2.75) is 6.54 Å². The number of carbonyl (C=O) groups is 1. The Hall–Kier alpha value is -2.62. The van der Waals surface area contributed by atoms with Crippen LogP contribution in [0.15, 0.2) is 29.5 Å². The summed E-state index contributed by atoms with van der Waals surface area (Å²) in [5, 5.41) is 17.3. The maximum atomic E-state index is 12.7. The quantitative estimate of drug-likeness (QED) is 0.508. The first-order valence-electron chi connectivity index (χ1n) is 5.29. The molecule has 0 bridgehead atoms. The molecule has 2 rings (SSSR count). The fourth-order valence-corrected chi connectivity index (χ4v) is 1.89. The molecular weight excluding hydrogens is 289 g/mol. The monoisotopic (exact) mass is 297 g/mol. The lowest BCUT2D eigenvalue weighted by Crippen LogP contribution is -2.23. The van der Waals surface area contributed by atoms with Gasteiger partial charge in [-0.15, -0.1) is 11.3 Å². The summed E-state index contributed by atoms with van der Waals surface area (Å²) in [7, 11) is 0. The average molecular weight is 297 g/mol. The Balaban J connectivity index is 1.85. The van der Waals surface area contributed by atoms with Gasteiger partial charge in [0.25, 0.3) is 5.91 Å². The zero-order chi connectivity index (χ0) is 14.5. The summed E-state index contributed by atoms with van der Waals surface area (Å²) >= 11 is 0.890. The van der Waals surface area contributed by atoms with Gasteiger partial charge in [-0.05, 0) is 17.1 Å². The summed E-state index contributed by atoms with van der Waals surface area (Å²) in [5.41, 5.74) is 2.21. The lowest BCUT2D eigenvalue weighted by molar-refractivity contribution is -0.389. The number of hydrogen-bond acceptors (Lipinski definition) is 6. The Morgan fingerprint density at radius 2 is 2.40 bits per heavy atom. The van der Waals surface area contributed by atoms with Gasteiger partial charge in [0.05, 0.1) is 28.5 Å². The van der Waals surface area contributed by atoms with E-state index >= 15 is 0 Å². The number of aromatic nitrogens is 2. The SMILES string of the molecule is O=C(Cn1ccc([N+](=O)[O-])n1)N/N=C/c1ccc(F)s1. The molecule has 2 heterocycles. The second-order valence-corrected chi connectivity index (χ2v) is 4.63. The summed E-state index contributed by atoms with van der Waals surface area (Å²) in [4.78, 5) is 21.8. The van der Waals surface area contributed by atoms with Gasteiger partial charge in [-0.2, -0.15) is 14.2 Å². The molecule has 0 fully saturated rings. The molecule has 0 spiro atoms. The van der Waals surface area contributed by atoms with E-state index < -0.39 is 10.8 Å². The van der Waals surface area contributed by atoms with Gasteiger partial charge in [0.1, 0.15) is 6.54 Å². The Morgan fingerprint density at radius 3 is 3.00 bits per heavy atom. The minimum atomic E-state index is -0.655. The molecule has 10 heteroatoms. The predicted octanol–water partition coefficient (Wildman–Crippen LogP) is 1.14. The van der Waals surface area contributed by atoms with Crippen LogP contribution in [0.3, 0.4) is 0 Å². The first kappa shape index (κ1) is 13.8. The van der Waals surface area contributed by atoms with Crippen LogP contribution >= 0.6 is 11.3 Å². The van der Waals surface area contributed by atoms with E-state index in [-0.39, 0.29) is 17.5 Å². The second-order valence-electron chi connectivity index (χ2n) is 3.56. The maximum absolute atomic E-state index is 12.7. The van der Waals surface area contributed by atoms with Gasteiger partial charge >= 0.3 is 5.82 Å². The number of nitrogens with zero attached hydrogens (tertiary/aromatic N) is 4. The van der Waals surface area contributed by atoms with E-state index in [9.17, 15) is 19.3 Å². The molecule has 0 atom stereocenters. The number of halogens is 1. The molecule has 8 nitrogen and oxygen atoms in total. The highest BCUT2D eigenvalue weighted by Crippen LogP contribution is 2.11. The van der Waals surface area contributed by atoms with Gasteiger partial charge < -0.3 is 10.1 Å². The van der Waals surface area contributed by atoms with Crippen LogP contribution in [-0.4, -0.2) is 26.8 Å². The van der Waals surface area contributed by atoms with Gasteiger partial charge in [-0.1, -0.05) is 0 Å². The molecule has 20 heavy (non-hydrogen) atoms. The number of carbonyl (C=O) groups excluding carboxylic acids is 1. The zero-order valence-corrected chi connectivity index (χ0v) is 10.7. The maximum Gasteiger partial charge on any atom is 0.389 e. The number of rotatable bonds is 5. The van der Waals surface area contributed by atoms with Crippen LogP contribution in [0.25, 0.3) is 0 Å². The molecule has 0 unspecified atom stereocenters. The van der Waals surface area contributed by atoms with Gasteiger partial charge in [-0.3, -0.25) is 4.79 Å². The molecular formula is C10H8FN5O3S. The van der Waals surface area contributed by atoms with Crippen LogP contribution in [-0.2, 0) is 11.3 Å². The number of amides is 1. The van der Waals surface area contributed by atoms with Crippen molar-refractivity contribution in [3.05, 3.63) is 44.5 Å². The molecule has 0 aliphatic rings. The summed E-state index contributed by atoms with van der Waals surface area (Å²) in [5.74, 6) is -0.841. The number of thiophene rings is 1. The number of hydrogen-bond donors (Lipinski definition) is 1. The second kappa shape index (κ2) is 6.02. The molecule has 0 saturated heterocycles. The van der Waals surface area contributed by atoms with Crippen molar-refractivity contribution in [2.75, 3.05) is 0 Å². The summed E-state index contributed by atoms with van der Waals surface area (Å²) < 4.78 is 13.8. The Bertz CT molecular complexity index is 665. The lowest BCUT2D eigenvalue weighted by Gasteiger charge is -1.96. The van der Waals surface area contributed by atoms with Crippen LogP contribution < -0.4 is 5.43 Å². The summed E-state index contributed by atoms with van der Waals surface area (Å²) in [6, 6.07) is 3.99. The van der Waals surface area contributed by atoms with Gasteiger partial charge in [-0.25, -0.2) is 5.43 Å². The van der Waals surface area contributed by atoms with E-state index in [1.165, 1.54) is 30.6 Å². The Labute approximate surface area is 115 Å². The highest BCUT2D eigenvalue weighted by Gasteiger charge is 2.12. The predicted molar refractivity (Wildman–Crippen MR) is 68.9 cm³/mol. The molecule has 0 aliphatic heterocycles. The van der Waals surface area contributed by atoms with Crippen LogP contribution in [0.4, 0.5) is 10.2 Å². The van der Waals surface area contributed by atoms with Crippen LogP contribution in [0.5, 0.6) is 0 Å². The molecule has 0 aromatic carbocycles. The molecule has 2 aromatic rings. The molecule has 2 aromatic heterocycles. The van der Waals surface area contributed by atoms with Crippen LogP contribution in [0, 0.1) is 15.2 Å². The first-order chi connectivity index (χ1) is 9.54.